The van der Waals surface area contributed by atoms with Crippen LogP contribution in [0.3, 0.4) is 0 Å². The summed E-state index contributed by atoms with van der Waals surface area (Å²) in [6, 6.07) is 3.55. The van der Waals surface area contributed by atoms with Gasteiger partial charge < -0.3 is 4.57 Å². The molecule has 0 aliphatic carbocycles. The highest BCUT2D eigenvalue weighted by Gasteiger charge is 1.91. The number of nitrogens with zero attached hydrogens (tertiary/aromatic N) is 1. The molecule has 10 heavy (non-hydrogen) atoms. The van der Waals surface area contributed by atoms with E-state index in [9.17, 15) is 4.79 Å². The van der Waals surface area contributed by atoms with Gasteiger partial charge in [0.2, 0.25) is 0 Å². The van der Waals surface area contributed by atoms with Crippen LogP contribution in [0.4, 0.5) is 0 Å². The van der Waals surface area contributed by atoms with Crippen molar-refractivity contribution in [3.63, 3.8) is 0 Å². The maximum atomic E-state index is 11.0. The van der Waals surface area contributed by atoms with Crippen LogP contribution >= 0.6 is 22.6 Å². The van der Waals surface area contributed by atoms with Crippen LogP contribution in [0.2, 0.25) is 0 Å². The predicted molar refractivity (Wildman–Crippen MR) is 49.1 cm³/mol. The number of pyridine rings is 1. The normalized spacial score (nSPS) is 9.80. The molecule has 0 radical (unpaired) electrons. The van der Waals surface area contributed by atoms with Crippen LogP contribution in [0, 0.1) is 3.57 Å². The first kappa shape index (κ1) is 7.78. The number of hydrogen-bond acceptors (Lipinski definition) is 1. The molecule has 1 aromatic rings. The molecule has 0 N–H and O–H groups in total. The van der Waals surface area contributed by atoms with Gasteiger partial charge in [-0.05, 0) is 35.6 Å². The van der Waals surface area contributed by atoms with E-state index in [1.807, 2.05) is 19.2 Å². The van der Waals surface area contributed by atoms with Crippen LogP contribution in [0.5, 0.6) is 0 Å². The molecule has 0 fully saturated rings. The van der Waals surface area contributed by atoms with Crippen LogP contribution in [-0.2, 0) is 6.54 Å². The highest BCUT2D eigenvalue weighted by atomic mass is 127. The van der Waals surface area contributed by atoms with Crippen molar-refractivity contribution in [1.82, 2.24) is 4.57 Å². The Hall–Kier alpha value is -0.320. The monoisotopic (exact) mass is 249 g/mol. The van der Waals surface area contributed by atoms with Crippen molar-refractivity contribution in [2.45, 2.75) is 13.5 Å². The van der Waals surface area contributed by atoms with Gasteiger partial charge >= 0.3 is 0 Å². The van der Waals surface area contributed by atoms with Crippen LogP contribution in [0.15, 0.2) is 23.1 Å². The van der Waals surface area contributed by atoms with Crippen molar-refractivity contribution >= 4 is 22.6 Å². The summed E-state index contributed by atoms with van der Waals surface area (Å²) in [4.78, 5) is 11.0. The fourth-order valence-corrected chi connectivity index (χ4v) is 1.17. The Morgan fingerprint density at radius 2 is 2.40 bits per heavy atom. The summed E-state index contributed by atoms with van der Waals surface area (Å²) in [6.45, 7) is 2.70. The zero-order chi connectivity index (χ0) is 7.56. The lowest BCUT2D eigenvalue weighted by atomic mass is 10.5. The van der Waals surface area contributed by atoms with E-state index in [1.165, 1.54) is 0 Å². The zero-order valence-corrected chi connectivity index (χ0v) is 7.83. The van der Waals surface area contributed by atoms with Gasteiger partial charge in [0, 0.05) is 22.4 Å². The summed E-state index contributed by atoms with van der Waals surface area (Å²) >= 11 is 2.13. The largest absolute Gasteiger partial charge is 0.316 e. The summed E-state index contributed by atoms with van der Waals surface area (Å²) in [5.74, 6) is 0. The van der Waals surface area contributed by atoms with Gasteiger partial charge in [-0.15, -0.1) is 0 Å². The van der Waals surface area contributed by atoms with Crippen molar-refractivity contribution in [2.75, 3.05) is 0 Å². The van der Waals surface area contributed by atoms with E-state index in [2.05, 4.69) is 22.6 Å². The number of halogens is 1. The first-order valence-corrected chi connectivity index (χ1v) is 4.18. The van der Waals surface area contributed by atoms with E-state index in [1.54, 1.807) is 10.6 Å². The molecular weight excluding hydrogens is 241 g/mol. The predicted octanol–water partition coefficient (Wildman–Crippen LogP) is 1.47. The average Bonchev–Trinajstić information content (AvgIpc) is 1.88. The fraction of sp³-hybridized carbons (Fsp3) is 0.286. The Labute approximate surface area is 73.0 Å². The molecular formula is C7H8INO. The summed E-state index contributed by atoms with van der Waals surface area (Å²) in [6.07, 6.45) is 1.81. The van der Waals surface area contributed by atoms with Gasteiger partial charge in [0.15, 0.2) is 0 Å². The van der Waals surface area contributed by atoms with Crippen LogP contribution in [0.25, 0.3) is 0 Å². The standard InChI is InChI=1S/C7H8INO/c1-2-9-4-3-6(8)5-7(9)10/h3-5H,2H2,1H3. The molecule has 0 atom stereocenters. The molecule has 54 valence electrons. The summed E-state index contributed by atoms with van der Waals surface area (Å²) in [5.41, 5.74) is 0.0781. The van der Waals surface area contributed by atoms with Crippen molar-refractivity contribution in [3.05, 3.63) is 32.3 Å². The first-order chi connectivity index (χ1) is 4.74. The molecule has 0 saturated carbocycles. The molecule has 0 amide bonds. The molecule has 0 spiro atoms. The topological polar surface area (TPSA) is 22.0 Å². The van der Waals surface area contributed by atoms with Crippen molar-refractivity contribution in [2.24, 2.45) is 0 Å². The van der Waals surface area contributed by atoms with Crippen LogP contribution in [0.1, 0.15) is 6.92 Å². The second kappa shape index (κ2) is 3.18. The van der Waals surface area contributed by atoms with Gasteiger partial charge in [-0.25, -0.2) is 0 Å². The summed E-state index contributed by atoms with van der Waals surface area (Å²) < 4.78 is 2.66. The van der Waals surface area contributed by atoms with Crippen LogP contribution in [-0.4, -0.2) is 4.57 Å². The van der Waals surface area contributed by atoms with E-state index in [0.717, 1.165) is 10.1 Å². The second-order valence-corrected chi connectivity index (χ2v) is 3.21. The number of hydrogen-bond donors (Lipinski definition) is 0. The Balaban J connectivity index is 3.20. The smallest absolute Gasteiger partial charge is 0.251 e. The zero-order valence-electron chi connectivity index (χ0n) is 5.67. The Morgan fingerprint density at radius 3 is 2.90 bits per heavy atom. The Bertz CT molecular complexity index is 279. The first-order valence-electron chi connectivity index (χ1n) is 3.10. The molecule has 1 heterocycles. The molecule has 0 aliphatic heterocycles. The highest BCUT2D eigenvalue weighted by Crippen LogP contribution is 1.97. The third kappa shape index (κ3) is 1.59. The highest BCUT2D eigenvalue weighted by molar-refractivity contribution is 14.1. The molecule has 1 aromatic heterocycles. The van der Waals surface area contributed by atoms with Crippen LogP contribution < -0.4 is 5.56 Å². The second-order valence-electron chi connectivity index (χ2n) is 1.97. The van der Waals surface area contributed by atoms with E-state index >= 15 is 0 Å². The van der Waals surface area contributed by atoms with E-state index < -0.39 is 0 Å². The number of aryl methyl sites for hydroxylation is 1. The number of rotatable bonds is 1. The Kier molecular flexibility index (Phi) is 2.48. The van der Waals surface area contributed by atoms with E-state index in [-0.39, 0.29) is 5.56 Å². The van der Waals surface area contributed by atoms with Gasteiger partial charge in [0.1, 0.15) is 0 Å². The lowest BCUT2D eigenvalue weighted by molar-refractivity contribution is 0.726. The summed E-state index contributed by atoms with van der Waals surface area (Å²) in [5, 5.41) is 0. The fourth-order valence-electron chi connectivity index (χ4n) is 0.745. The maximum Gasteiger partial charge on any atom is 0.251 e. The summed E-state index contributed by atoms with van der Waals surface area (Å²) in [7, 11) is 0. The van der Waals surface area contributed by atoms with Crippen molar-refractivity contribution in [1.29, 1.82) is 0 Å². The lowest BCUT2D eigenvalue weighted by Crippen LogP contribution is -2.17. The minimum atomic E-state index is 0.0781. The molecule has 0 aliphatic rings. The minimum absolute atomic E-state index is 0.0781. The van der Waals surface area contributed by atoms with Gasteiger partial charge in [-0.3, -0.25) is 4.79 Å². The molecule has 0 unspecified atom stereocenters. The van der Waals surface area contributed by atoms with Gasteiger partial charge in [-0.2, -0.15) is 0 Å². The minimum Gasteiger partial charge on any atom is -0.316 e. The SMILES string of the molecule is CCn1ccc(I)cc1=O. The average molecular weight is 249 g/mol. The molecule has 2 nitrogen and oxygen atoms in total. The van der Waals surface area contributed by atoms with Crippen molar-refractivity contribution < 1.29 is 0 Å². The van der Waals surface area contributed by atoms with Gasteiger partial charge in [0.25, 0.3) is 5.56 Å². The Morgan fingerprint density at radius 1 is 1.70 bits per heavy atom. The molecule has 0 bridgehead atoms. The quantitative estimate of drug-likeness (QED) is 0.691. The molecule has 3 heteroatoms. The number of aromatic nitrogens is 1. The molecule has 1 rings (SSSR count). The maximum absolute atomic E-state index is 11.0. The van der Waals surface area contributed by atoms with E-state index in [4.69, 9.17) is 0 Å². The third-order valence-electron chi connectivity index (χ3n) is 1.30. The molecule has 0 aromatic carbocycles. The third-order valence-corrected chi connectivity index (χ3v) is 1.97. The van der Waals surface area contributed by atoms with Gasteiger partial charge in [-0.1, -0.05) is 0 Å². The van der Waals surface area contributed by atoms with Crippen molar-refractivity contribution in [3.8, 4) is 0 Å². The van der Waals surface area contributed by atoms with E-state index in [0.29, 0.717) is 0 Å². The lowest BCUT2D eigenvalue weighted by Gasteiger charge is -1.98. The molecule has 0 saturated heterocycles. The van der Waals surface area contributed by atoms with Gasteiger partial charge in [0.05, 0.1) is 0 Å².